The van der Waals surface area contributed by atoms with E-state index < -0.39 is 0 Å². The summed E-state index contributed by atoms with van der Waals surface area (Å²) in [4.78, 5) is 12.3. The van der Waals surface area contributed by atoms with Crippen molar-refractivity contribution in [3.8, 4) is 0 Å². The lowest BCUT2D eigenvalue weighted by molar-refractivity contribution is -0.152. The van der Waals surface area contributed by atoms with Gasteiger partial charge in [0.2, 0.25) is 5.91 Å². The van der Waals surface area contributed by atoms with Gasteiger partial charge in [0.05, 0.1) is 10.3 Å². The Morgan fingerprint density at radius 1 is 1.21 bits per heavy atom. The fraction of sp³-hybridized carbons (Fsp3) is 0.650. The fourth-order valence-electron chi connectivity index (χ4n) is 6.12. The summed E-state index contributed by atoms with van der Waals surface area (Å²) in [5.74, 6) is 0.714. The summed E-state index contributed by atoms with van der Waals surface area (Å²) in [6.07, 6.45) is 6.04. The van der Waals surface area contributed by atoms with Crippen molar-refractivity contribution in [2.75, 3.05) is 6.54 Å². The lowest BCUT2D eigenvalue weighted by Gasteiger charge is -2.67. The zero-order chi connectivity index (χ0) is 17.0. The Bertz CT molecular complexity index is 628. The van der Waals surface area contributed by atoms with Crippen LogP contribution >= 0.6 is 12.6 Å². The van der Waals surface area contributed by atoms with E-state index >= 15 is 0 Å². The molecule has 4 aliphatic rings. The molecule has 24 heavy (non-hydrogen) atoms. The molecule has 1 amide bonds. The van der Waals surface area contributed by atoms with Gasteiger partial charge < -0.3 is 11.1 Å². The molecule has 0 saturated heterocycles. The van der Waals surface area contributed by atoms with E-state index in [2.05, 4.69) is 42.6 Å². The average Bonchev–Trinajstić information content (AvgIpc) is 2.58. The van der Waals surface area contributed by atoms with Crippen molar-refractivity contribution >= 4 is 18.5 Å². The van der Waals surface area contributed by atoms with Gasteiger partial charge in [-0.1, -0.05) is 37.3 Å². The molecule has 2 unspecified atom stereocenters. The summed E-state index contributed by atoms with van der Waals surface area (Å²) < 4.78 is 0. The summed E-state index contributed by atoms with van der Waals surface area (Å²) >= 11 is 5.16. The molecule has 0 heterocycles. The van der Waals surface area contributed by atoms with Gasteiger partial charge in [-0.15, -0.1) is 0 Å². The van der Waals surface area contributed by atoms with Gasteiger partial charge >= 0.3 is 0 Å². The van der Waals surface area contributed by atoms with Crippen LogP contribution in [0.2, 0.25) is 0 Å². The van der Waals surface area contributed by atoms with Crippen LogP contribution in [0.1, 0.15) is 51.0 Å². The molecule has 4 saturated carbocycles. The van der Waals surface area contributed by atoms with Crippen molar-refractivity contribution in [3.05, 3.63) is 35.9 Å². The maximum absolute atomic E-state index is 12.4. The molecule has 4 heteroatoms. The highest BCUT2D eigenvalue weighted by molar-refractivity contribution is 7.81. The second-order valence-corrected chi connectivity index (χ2v) is 9.17. The Morgan fingerprint density at radius 3 is 2.38 bits per heavy atom. The number of hydrogen-bond donors (Lipinski definition) is 3. The third-order valence-corrected chi connectivity index (χ3v) is 7.93. The topological polar surface area (TPSA) is 55.1 Å². The molecule has 3 N–H and O–H groups in total. The zero-order valence-electron chi connectivity index (χ0n) is 14.4. The minimum absolute atomic E-state index is 0.0944. The average molecular weight is 345 g/mol. The van der Waals surface area contributed by atoms with Gasteiger partial charge in [0.25, 0.3) is 0 Å². The second-order valence-electron chi connectivity index (χ2n) is 8.43. The molecule has 4 aliphatic carbocycles. The number of nitrogens with one attached hydrogen (secondary N) is 1. The number of carbonyl (C=O) groups is 1. The lowest BCUT2D eigenvalue weighted by atomic mass is 9.41. The summed E-state index contributed by atoms with van der Waals surface area (Å²) in [5, 5.41) is 3.73. The first-order valence-corrected chi connectivity index (χ1v) is 9.72. The van der Waals surface area contributed by atoms with E-state index in [1.807, 2.05) is 0 Å². The molecule has 0 aromatic heterocycles. The number of amides is 1. The number of hydrogen-bond acceptors (Lipinski definition) is 3. The summed E-state index contributed by atoms with van der Waals surface area (Å²) in [5.41, 5.74) is 7.09. The Morgan fingerprint density at radius 2 is 1.83 bits per heavy atom. The highest BCUT2D eigenvalue weighted by Crippen LogP contribution is 2.69. The van der Waals surface area contributed by atoms with E-state index in [4.69, 9.17) is 18.4 Å². The van der Waals surface area contributed by atoms with E-state index in [0.29, 0.717) is 11.8 Å². The lowest BCUT2D eigenvalue weighted by Crippen LogP contribution is -2.70. The van der Waals surface area contributed by atoms with E-state index in [1.165, 1.54) is 5.56 Å². The van der Waals surface area contributed by atoms with Crippen LogP contribution in [-0.2, 0) is 10.2 Å². The zero-order valence-corrected chi connectivity index (χ0v) is 15.3. The molecule has 1 aromatic rings. The van der Waals surface area contributed by atoms with Crippen LogP contribution in [-0.4, -0.2) is 17.3 Å². The quantitative estimate of drug-likeness (QED) is 0.567. The van der Waals surface area contributed by atoms with Crippen molar-refractivity contribution < 1.29 is 4.79 Å². The molecule has 130 valence electrons. The summed E-state index contributed by atoms with van der Waals surface area (Å²) in [6.45, 7) is 3.18. The van der Waals surface area contributed by atoms with Crippen LogP contribution < -0.4 is 11.1 Å². The van der Waals surface area contributed by atoms with Gasteiger partial charge in [-0.2, -0.15) is 12.6 Å². The number of primary amides is 1. The predicted molar refractivity (Wildman–Crippen MR) is 99.8 cm³/mol. The molecule has 3 nitrogen and oxygen atoms in total. The predicted octanol–water partition coefficient (Wildman–Crippen LogP) is 3.25. The van der Waals surface area contributed by atoms with Gasteiger partial charge in [0.1, 0.15) is 0 Å². The normalized spacial score (nSPS) is 43.1. The van der Waals surface area contributed by atoms with E-state index in [9.17, 15) is 4.79 Å². The molecule has 4 fully saturated rings. The van der Waals surface area contributed by atoms with Crippen LogP contribution in [0, 0.1) is 17.3 Å². The highest BCUT2D eigenvalue weighted by Gasteiger charge is 2.67. The minimum Gasteiger partial charge on any atom is -0.369 e. The van der Waals surface area contributed by atoms with Crippen molar-refractivity contribution in [2.45, 2.75) is 55.7 Å². The molecule has 2 atom stereocenters. The SMILES string of the molecule is CCCNC1(S)C2CC3(C(N)=O)CC1CC(c1ccccc1)(C2)C3. The molecule has 5 rings (SSSR count). The Labute approximate surface area is 150 Å². The molecular formula is C20H28N2OS. The van der Waals surface area contributed by atoms with Gasteiger partial charge in [0.15, 0.2) is 0 Å². The monoisotopic (exact) mass is 344 g/mol. The second kappa shape index (κ2) is 5.50. The maximum Gasteiger partial charge on any atom is 0.223 e. The maximum atomic E-state index is 12.4. The summed E-state index contributed by atoms with van der Waals surface area (Å²) in [7, 11) is 0. The third-order valence-electron chi connectivity index (χ3n) is 7.04. The molecule has 0 spiro atoms. The number of carbonyl (C=O) groups excluding carboxylic acids is 1. The first kappa shape index (κ1) is 16.5. The molecule has 1 aromatic carbocycles. The standard InChI is InChI=1S/C20H28N2OS/c1-2-8-22-20(24)15-9-18(14-6-4-3-5-7-14)10-16(20)12-19(11-15,13-18)17(21)23/h3-7,15-16,22,24H,2,8-13H2,1H3,(H2,21,23). The Balaban J connectivity index is 1.76. The van der Waals surface area contributed by atoms with Crippen molar-refractivity contribution in [2.24, 2.45) is 23.0 Å². The van der Waals surface area contributed by atoms with Crippen LogP contribution in [0.4, 0.5) is 0 Å². The highest BCUT2D eigenvalue weighted by atomic mass is 32.1. The first-order valence-electron chi connectivity index (χ1n) is 9.27. The van der Waals surface area contributed by atoms with Gasteiger partial charge in [0, 0.05) is 0 Å². The van der Waals surface area contributed by atoms with Crippen LogP contribution in [0.25, 0.3) is 0 Å². The molecule has 4 bridgehead atoms. The molecule has 0 aliphatic heterocycles. The third kappa shape index (κ3) is 2.19. The fourth-order valence-corrected chi connectivity index (χ4v) is 6.60. The van der Waals surface area contributed by atoms with Crippen molar-refractivity contribution in [3.63, 3.8) is 0 Å². The van der Waals surface area contributed by atoms with Crippen LogP contribution in [0.3, 0.4) is 0 Å². The van der Waals surface area contributed by atoms with Gasteiger partial charge in [-0.3, -0.25) is 4.79 Å². The smallest absolute Gasteiger partial charge is 0.223 e. The number of thiol groups is 1. The van der Waals surface area contributed by atoms with Crippen molar-refractivity contribution in [1.82, 2.24) is 5.32 Å². The van der Waals surface area contributed by atoms with Crippen LogP contribution in [0.5, 0.6) is 0 Å². The first-order chi connectivity index (χ1) is 11.4. The van der Waals surface area contributed by atoms with Crippen LogP contribution in [0.15, 0.2) is 30.3 Å². The molecular weight excluding hydrogens is 316 g/mol. The minimum atomic E-state index is -0.332. The number of nitrogens with two attached hydrogens (primary N) is 1. The Hall–Kier alpha value is -1.00. The Kier molecular flexibility index (Phi) is 3.77. The summed E-state index contributed by atoms with van der Waals surface area (Å²) in [6, 6.07) is 10.8. The largest absolute Gasteiger partial charge is 0.369 e. The van der Waals surface area contributed by atoms with E-state index in [0.717, 1.165) is 45.1 Å². The van der Waals surface area contributed by atoms with Gasteiger partial charge in [-0.25, -0.2) is 0 Å². The number of benzene rings is 1. The number of rotatable bonds is 5. The van der Waals surface area contributed by atoms with Gasteiger partial charge in [-0.05, 0) is 67.9 Å². The van der Waals surface area contributed by atoms with E-state index in [1.54, 1.807) is 0 Å². The van der Waals surface area contributed by atoms with E-state index in [-0.39, 0.29) is 21.6 Å². The molecule has 0 radical (unpaired) electrons. The van der Waals surface area contributed by atoms with Crippen molar-refractivity contribution in [1.29, 1.82) is 0 Å².